The molecule has 1 aliphatic heterocycles. The number of nitrogens with one attached hydrogen (secondary N) is 1. The van der Waals surface area contributed by atoms with Crippen LogP contribution in [0.1, 0.15) is 55.4 Å². The van der Waals surface area contributed by atoms with E-state index in [1.807, 2.05) is 60.2 Å². The topological polar surface area (TPSA) is 112 Å². The van der Waals surface area contributed by atoms with Crippen molar-refractivity contribution in [3.8, 4) is 0 Å². The van der Waals surface area contributed by atoms with Crippen LogP contribution in [0.5, 0.6) is 0 Å². The summed E-state index contributed by atoms with van der Waals surface area (Å²) >= 11 is 0. The second-order valence-corrected chi connectivity index (χ2v) is 12.1. The van der Waals surface area contributed by atoms with Gasteiger partial charge in [0.1, 0.15) is 17.9 Å². The van der Waals surface area contributed by atoms with Crippen LogP contribution in [0.4, 0.5) is 0 Å². The Labute approximate surface area is 251 Å². The normalized spacial score (nSPS) is 17.2. The average Bonchev–Trinajstić information content (AvgIpc) is 3.68. The number of aromatic nitrogens is 7. The van der Waals surface area contributed by atoms with Gasteiger partial charge in [-0.3, -0.25) is 9.80 Å². The quantitative estimate of drug-likeness (QED) is 0.201. The predicted octanol–water partition coefficient (Wildman–Crippen LogP) is 3.23. The highest BCUT2D eigenvalue weighted by Gasteiger charge is 2.36. The Hall–Kier alpha value is -4.03. The molecule has 3 atom stereocenters. The van der Waals surface area contributed by atoms with E-state index in [9.17, 15) is 5.11 Å². The maximum absolute atomic E-state index is 10.8. The van der Waals surface area contributed by atoms with Crippen molar-refractivity contribution in [1.29, 1.82) is 0 Å². The summed E-state index contributed by atoms with van der Waals surface area (Å²) in [6.07, 6.45) is 4.60. The summed E-state index contributed by atoms with van der Waals surface area (Å²) in [5, 5.41) is 20.1. The minimum absolute atomic E-state index is 0.0206. The SMILES string of the molecule is Cc1nc[n+](Cc2cn(C(c3ccccc3)C(c3ccccc3)N3CCN(C(O)OC(C)(C)C)CC3)nn2)c2nc[nH]c12. The molecule has 4 heterocycles. The van der Waals surface area contributed by atoms with Crippen molar-refractivity contribution in [3.05, 3.63) is 102 Å². The number of aryl methyl sites for hydroxylation is 1. The number of nitrogens with zero attached hydrogens (tertiary/aromatic N) is 8. The van der Waals surface area contributed by atoms with Gasteiger partial charge >= 0.3 is 0 Å². The molecule has 0 radical (unpaired) electrons. The summed E-state index contributed by atoms with van der Waals surface area (Å²) in [4.78, 5) is 16.7. The van der Waals surface area contributed by atoms with E-state index in [1.54, 1.807) is 12.7 Å². The molecule has 0 aliphatic carbocycles. The molecule has 0 spiro atoms. The lowest BCUT2D eigenvalue weighted by Crippen LogP contribution is -2.54. The first-order valence-corrected chi connectivity index (χ1v) is 14.8. The number of hydrogen-bond acceptors (Lipinski definition) is 8. The zero-order chi connectivity index (χ0) is 30.0. The third-order valence-corrected chi connectivity index (χ3v) is 7.91. The van der Waals surface area contributed by atoms with Crippen LogP contribution in [0, 0.1) is 6.92 Å². The van der Waals surface area contributed by atoms with Crippen molar-refractivity contribution in [3.63, 3.8) is 0 Å². The first kappa shape index (κ1) is 29.1. The maximum atomic E-state index is 10.8. The lowest BCUT2D eigenvalue weighted by atomic mass is 9.91. The number of ether oxygens (including phenoxy) is 1. The van der Waals surface area contributed by atoms with E-state index in [1.165, 1.54) is 5.56 Å². The second kappa shape index (κ2) is 12.3. The van der Waals surface area contributed by atoms with Gasteiger partial charge in [0.15, 0.2) is 11.8 Å². The minimum Gasteiger partial charge on any atom is -0.356 e. The molecule has 3 unspecified atom stereocenters. The van der Waals surface area contributed by atoms with Gasteiger partial charge in [-0.1, -0.05) is 70.9 Å². The standard InChI is InChI=1S/C32H39N9O2/c1-23-27-30(34-21-33-27)40(22-35-23)19-26-20-41(37-36-26)29(25-13-9-6-10-14-25)28(24-11-7-5-8-12-24)38-15-17-39(18-16-38)31(42)43-32(2,3)4/h5-14,20-22,28-29,31,42H,15-19H2,1-4H3/p+1. The summed E-state index contributed by atoms with van der Waals surface area (Å²) in [7, 11) is 0. The fraction of sp³-hybridized carbons (Fsp3) is 0.406. The number of aromatic amines is 1. The zero-order valence-electron chi connectivity index (χ0n) is 25.2. The van der Waals surface area contributed by atoms with E-state index in [-0.39, 0.29) is 12.1 Å². The molecule has 5 aromatic rings. The van der Waals surface area contributed by atoms with Gasteiger partial charge in [-0.05, 0) is 38.8 Å². The molecule has 1 saturated heterocycles. The average molecular weight is 583 g/mol. The van der Waals surface area contributed by atoms with Crippen LogP contribution in [-0.4, -0.2) is 83.0 Å². The van der Waals surface area contributed by atoms with Gasteiger partial charge in [0, 0.05) is 26.2 Å². The Morgan fingerprint density at radius 1 is 0.907 bits per heavy atom. The molecule has 11 heteroatoms. The van der Waals surface area contributed by atoms with E-state index in [0.717, 1.165) is 41.2 Å². The van der Waals surface area contributed by atoms with Gasteiger partial charge in [0.25, 0.3) is 5.65 Å². The maximum Gasteiger partial charge on any atom is 0.291 e. The Morgan fingerprint density at radius 2 is 1.53 bits per heavy atom. The largest absolute Gasteiger partial charge is 0.356 e. The number of benzene rings is 2. The highest BCUT2D eigenvalue weighted by molar-refractivity contribution is 5.68. The third-order valence-electron chi connectivity index (χ3n) is 7.91. The molecule has 0 amide bonds. The fourth-order valence-electron chi connectivity index (χ4n) is 5.86. The molecule has 3 aromatic heterocycles. The molecule has 2 N–H and O–H groups in total. The Morgan fingerprint density at radius 3 is 2.19 bits per heavy atom. The number of imidazole rings is 1. The smallest absolute Gasteiger partial charge is 0.291 e. The van der Waals surface area contributed by atoms with Crippen molar-refractivity contribution in [2.24, 2.45) is 0 Å². The molecule has 224 valence electrons. The summed E-state index contributed by atoms with van der Waals surface area (Å²) < 4.78 is 9.84. The van der Waals surface area contributed by atoms with Gasteiger partial charge in [0.05, 0.1) is 23.9 Å². The number of piperazine rings is 1. The summed E-state index contributed by atoms with van der Waals surface area (Å²) in [6, 6.07) is 20.9. The molecular formula is C32H40N9O2+. The molecule has 6 rings (SSSR count). The van der Waals surface area contributed by atoms with E-state index >= 15 is 0 Å². The Kier molecular flexibility index (Phi) is 8.31. The van der Waals surface area contributed by atoms with Crippen LogP contribution in [-0.2, 0) is 11.3 Å². The molecule has 43 heavy (non-hydrogen) atoms. The molecule has 11 nitrogen and oxygen atoms in total. The van der Waals surface area contributed by atoms with Crippen molar-refractivity contribution in [2.45, 2.75) is 58.3 Å². The molecule has 1 fully saturated rings. The zero-order valence-corrected chi connectivity index (χ0v) is 25.2. The molecule has 1 aliphatic rings. The van der Waals surface area contributed by atoms with Crippen LogP contribution < -0.4 is 4.57 Å². The minimum atomic E-state index is -0.935. The number of hydrogen-bond donors (Lipinski definition) is 2. The van der Waals surface area contributed by atoms with Crippen LogP contribution in [0.3, 0.4) is 0 Å². The summed E-state index contributed by atoms with van der Waals surface area (Å²) in [5.74, 6) is 0. The lowest BCUT2D eigenvalue weighted by molar-refractivity contribution is -0.667. The third kappa shape index (κ3) is 6.50. The van der Waals surface area contributed by atoms with Crippen molar-refractivity contribution >= 4 is 11.2 Å². The summed E-state index contributed by atoms with van der Waals surface area (Å²) in [5.41, 5.74) is 5.38. The molecule has 0 saturated carbocycles. The molecule has 0 bridgehead atoms. The lowest BCUT2D eigenvalue weighted by Gasteiger charge is -2.44. The van der Waals surface area contributed by atoms with Gasteiger partial charge in [-0.25, -0.2) is 9.25 Å². The molecule has 2 aromatic carbocycles. The fourth-order valence-corrected chi connectivity index (χ4v) is 5.86. The first-order valence-electron chi connectivity index (χ1n) is 14.8. The van der Waals surface area contributed by atoms with E-state index in [4.69, 9.17) is 9.95 Å². The second-order valence-electron chi connectivity index (χ2n) is 12.1. The number of aliphatic hydroxyl groups is 1. The van der Waals surface area contributed by atoms with Gasteiger partial charge in [-0.15, -0.1) is 10.1 Å². The van der Waals surface area contributed by atoms with E-state index < -0.39 is 12.0 Å². The molecular weight excluding hydrogens is 542 g/mol. The van der Waals surface area contributed by atoms with Crippen molar-refractivity contribution in [2.75, 3.05) is 26.2 Å². The van der Waals surface area contributed by atoms with Crippen LogP contribution in [0.15, 0.2) is 79.5 Å². The van der Waals surface area contributed by atoms with Crippen molar-refractivity contribution in [1.82, 2.24) is 39.7 Å². The van der Waals surface area contributed by atoms with Gasteiger partial charge in [0.2, 0.25) is 12.7 Å². The number of H-pyrrole nitrogens is 1. The number of fused-ring (bicyclic) bond motifs is 1. The highest BCUT2D eigenvalue weighted by Crippen LogP contribution is 2.37. The Balaban J connectivity index is 1.32. The van der Waals surface area contributed by atoms with E-state index in [0.29, 0.717) is 19.6 Å². The van der Waals surface area contributed by atoms with E-state index in [2.05, 4.69) is 73.5 Å². The highest BCUT2D eigenvalue weighted by atomic mass is 16.6. The number of aliphatic hydroxyl groups excluding tert-OH is 1. The first-order chi connectivity index (χ1) is 20.8. The van der Waals surface area contributed by atoms with Gasteiger partial charge in [-0.2, -0.15) is 0 Å². The van der Waals surface area contributed by atoms with Crippen LogP contribution in [0.25, 0.3) is 11.2 Å². The van der Waals surface area contributed by atoms with Crippen molar-refractivity contribution < 1.29 is 14.4 Å². The predicted molar refractivity (Wildman–Crippen MR) is 162 cm³/mol. The summed E-state index contributed by atoms with van der Waals surface area (Å²) in [6.45, 7) is 11.2. The Bertz CT molecular complexity index is 1620. The van der Waals surface area contributed by atoms with Crippen LogP contribution in [0.2, 0.25) is 0 Å². The van der Waals surface area contributed by atoms with Gasteiger partial charge < -0.3 is 14.8 Å². The number of rotatable bonds is 9. The van der Waals surface area contributed by atoms with Crippen LogP contribution >= 0.6 is 0 Å². The monoisotopic (exact) mass is 582 g/mol.